The van der Waals surface area contributed by atoms with Crippen LogP contribution in [0.1, 0.15) is 11.1 Å². The van der Waals surface area contributed by atoms with E-state index in [1.807, 2.05) is 0 Å². The number of hydrogen-bond acceptors (Lipinski definition) is 2. The van der Waals surface area contributed by atoms with Crippen LogP contribution in [0.25, 0.3) is 0 Å². The van der Waals surface area contributed by atoms with Gasteiger partial charge in [-0.25, -0.2) is 4.39 Å². The Balaban J connectivity index is 2.24. The molecular formula is C14H13ClFNOS. The molecule has 0 aromatic heterocycles. The molecule has 1 unspecified atom stereocenters. The molecule has 2 nitrogen and oxygen atoms in total. The average Bonchev–Trinajstić information content (AvgIpc) is 2.41. The topological polar surface area (TPSA) is 43.1 Å². The summed E-state index contributed by atoms with van der Waals surface area (Å²) in [6.45, 7) is 0.128. The zero-order valence-corrected chi connectivity index (χ0v) is 11.7. The van der Waals surface area contributed by atoms with E-state index in [4.69, 9.17) is 17.3 Å². The van der Waals surface area contributed by atoms with Gasteiger partial charge in [0.1, 0.15) is 5.82 Å². The molecule has 0 spiro atoms. The highest BCUT2D eigenvalue weighted by Gasteiger charge is 2.11. The highest BCUT2D eigenvalue weighted by Crippen LogP contribution is 2.19. The third-order valence-corrected chi connectivity index (χ3v) is 4.31. The molecule has 0 saturated heterocycles. The van der Waals surface area contributed by atoms with E-state index in [1.54, 1.807) is 42.5 Å². The molecule has 5 heteroatoms. The monoisotopic (exact) mass is 297 g/mol. The predicted molar refractivity (Wildman–Crippen MR) is 75.9 cm³/mol. The Morgan fingerprint density at radius 3 is 2.53 bits per heavy atom. The second kappa shape index (κ2) is 6.28. The van der Waals surface area contributed by atoms with Crippen molar-refractivity contribution in [1.82, 2.24) is 0 Å². The lowest BCUT2D eigenvalue weighted by Crippen LogP contribution is -2.05. The lowest BCUT2D eigenvalue weighted by atomic mass is 10.1. The Morgan fingerprint density at radius 1 is 1.16 bits per heavy atom. The number of rotatable bonds is 4. The van der Waals surface area contributed by atoms with Crippen LogP contribution < -0.4 is 5.73 Å². The maximum absolute atomic E-state index is 14.0. The van der Waals surface area contributed by atoms with Crippen LogP contribution in [0.2, 0.25) is 5.02 Å². The van der Waals surface area contributed by atoms with Gasteiger partial charge in [0, 0.05) is 27.6 Å². The van der Waals surface area contributed by atoms with Crippen molar-refractivity contribution in [2.75, 3.05) is 0 Å². The summed E-state index contributed by atoms with van der Waals surface area (Å²) in [5, 5.41) is 0.516. The van der Waals surface area contributed by atoms with E-state index in [9.17, 15) is 8.60 Å². The fourth-order valence-corrected chi connectivity index (χ4v) is 3.15. The largest absolute Gasteiger partial charge is 0.326 e. The van der Waals surface area contributed by atoms with Gasteiger partial charge in [0.25, 0.3) is 0 Å². The summed E-state index contributed by atoms with van der Waals surface area (Å²) in [4.78, 5) is 0.588. The highest BCUT2D eigenvalue weighted by atomic mass is 35.5. The van der Waals surface area contributed by atoms with Gasteiger partial charge in [0.15, 0.2) is 0 Å². The van der Waals surface area contributed by atoms with Crippen molar-refractivity contribution in [1.29, 1.82) is 0 Å². The molecule has 0 amide bonds. The normalized spacial score (nSPS) is 12.4. The van der Waals surface area contributed by atoms with Crippen LogP contribution in [0.4, 0.5) is 4.39 Å². The van der Waals surface area contributed by atoms with Crippen molar-refractivity contribution < 1.29 is 8.60 Å². The Morgan fingerprint density at radius 2 is 1.84 bits per heavy atom. The predicted octanol–water partition coefficient (Wildman–Crippen LogP) is 3.25. The maximum Gasteiger partial charge on any atom is 0.131 e. The summed E-state index contributed by atoms with van der Waals surface area (Å²) in [6, 6.07) is 11.7. The van der Waals surface area contributed by atoms with Gasteiger partial charge < -0.3 is 5.73 Å². The van der Waals surface area contributed by atoms with Crippen LogP contribution in [0.3, 0.4) is 0 Å². The molecule has 2 rings (SSSR count). The molecule has 0 aliphatic heterocycles. The molecule has 2 aromatic rings. The van der Waals surface area contributed by atoms with E-state index < -0.39 is 10.8 Å². The lowest BCUT2D eigenvalue weighted by Gasteiger charge is -2.07. The van der Waals surface area contributed by atoms with Crippen LogP contribution >= 0.6 is 11.6 Å². The molecule has 100 valence electrons. The van der Waals surface area contributed by atoms with Gasteiger partial charge in [0.05, 0.1) is 16.6 Å². The minimum atomic E-state index is -1.33. The van der Waals surface area contributed by atoms with Crippen molar-refractivity contribution in [3.8, 4) is 0 Å². The second-order valence-corrected chi connectivity index (χ2v) is 5.93. The summed E-state index contributed by atoms with van der Waals surface area (Å²) >= 11 is 5.85. The van der Waals surface area contributed by atoms with Crippen LogP contribution in [0.5, 0.6) is 0 Å². The molecule has 2 N–H and O–H groups in total. The first-order chi connectivity index (χ1) is 9.11. The van der Waals surface area contributed by atoms with E-state index in [2.05, 4.69) is 0 Å². The Hall–Kier alpha value is -1.23. The molecule has 0 aliphatic carbocycles. The van der Waals surface area contributed by atoms with Crippen molar-refractivity contribution in [2.24, 2.45) is 5.73 Å². The van der Waals surface area contributed by atoms with E-state index in [1.165, 1.54) is 0 Å². The van der Waals surface area contributed by atoms with Crippen molar-refractivity contribution in [3.05, 3.63) is 64.4 Å². The number of halogens is 2. The molecule has 0 bridgehead atoms. The quantitative estimate of drug-likeness (QED) is 0.941. The molecule has 0 fully saturated rings. The summed E-state index contributed by atoms with van der Waals surface area (Å²) in [6.07, 6.45) is 0. The molecule has 19 heavy (non-hydrogen) atoms. The van der Waals surface area contributed by atoms with E-state index in [0.29, 0.717) is 21.0 Å². The van der Waals surface area contributed by atoms with Crippen LogP contribution in [-0.4, -0.2) is 4.21 Å². The molecule has 0 aliphatic rings. The average molecular weight is 298 g/mol. The first-order valence-corrected chi connectivity index (χ1v) is 7.42. The molecule has 0 heterocycles. The Labute approximate surface area is 118 Å². The molecular weight excluding hydrogens is 285 g/mol. The third kappa shape index (κ3) is 3.41. The van der Waals surface area contributed by atoms with Gasteiger partial charge >= 0.3 is 0 Å². The SMILES string of the molecule is NCc1cccc(CS(=O)c2cccc(Cl)c2)c1F. The van der Waals surface area contributed by atoms with Gasteiger partial charge in [-0.2, -0.15) is 0 Å². The van der Waals surface area contributed by atoms with Gasteiger partial charge in [-0.15, -0.1) is 0 Å². The van der Waals surface area contributed by atoms with Gasteiger partial charge in [-0.05, 0) is 18.2 Å². The van der Waals surface area contributed by atoms with E-state index >= 15 is 0 Å². The summed E-state index contributed by atoms with van der Waals surface area (Å²) < 4.78 is 26.2. The maximum atomic E-state index is 14.0. The third-order valence-electron chi connectivity index (χ3n) is 2.72. The smallest absolute Gasteiger partial charge is 0.131 e. The first kappa shape index (κ1) is 14.2. The van der Waals surface area contributed by atoms with E-state index in [0.717, 1.165) is 0 Å². The highest BCUT2D eigenvalue weighted by molar-refractivity contribution is 7.84. The Kier molecular flexibility index (Phi) is 4.69. The molecule has 2 aromatic carbocycles. The van der Waals surface area contributed by atoms with Gasteiger partial charge in [-0.1, -0.05) is 35.9 Å². The zero-order chi connectivity index (χ0) is 13.8. The zero-order valence-electron chi connectivity index (χ0n) is 10.1. The van der Waals surface area contributed by atoms with Crippen LogP contribution in [0.15, 0.2) is 47.4 Å². The lowest BCUT2D eigenvalue weighted by molar-refractivity contribution is 0.598. The van der Waals surface area contributed by atoms with Crippen molar-refractivity contribution in [2.45, 2.75) is 17.2 Å². The summed E-state index contributed by atoms with van der Waals surface area (Å²) in [7, 11) is -1.33. The van der Waals surface area contributed by atoms with Crippen LogP contribution in [-0.2, 0) is 23.1 Å². The van der Waals surface area contributed by atoms with Crippen LogP contribution in [0, 0.1) is 5.82 Å². The van der Waals surface area contributed by atoms with Crippen molar-refractivity contribution >= 4 is 22.4 Å². The number of hydrogen-bond donors (Lipinski definition) is 1. The summed E-state index contributed by atoms with van der Waals surface area (Å²) in [5.41, 5.74) is 6.28. The molecule has 0 radical (unpaired) electrons. The fourth-order valence-electron chi connectivity index (χ4n) is 1.74. The summed E-state index contributed by atoms with van der Waals surface area (Å²) in [5.74, 6) is -0.264. The second-order valence-electron chi connectivity index (χ2n) is 4.04. The fraction of sp³-hybridized carbons (Fsp3) is 0.143. The molecule has 1 atom stereocenters. The first-order valence-electron chi connectivity index (χ1n) is 5.72. The van der Waals surface area contributed by atoms with Gasteiger partial charge in [-0.3, -0.25) is 4.21 Å². The van der Waals surface area contributed by atoms with Crippen molar-refractivity contribution in [3.63, 3.8) is 0 Å². The molecule has 0 saturated carbocycles. The standard InChI is InChI=1S/C14H13ClFNOS/c15-12-5-2-6-13(7-12)19(18)9-11-4-1-3-10(8-17)14(11)16/h1-7H,8-9,17H2. The minimum Gasteiger partial charge on any atom is -0.326 e. The van der Waals surface area contributed by atoms with E-state index in [-0.39, 0.29) is 18.1 Å². The van der Waals surface area contributed by atoms with Gasteiger partial charge in [0.2, 0.25) is 0 Å². The number of nitrogens with two attached hydrogens (primary N) is 1. The Bertz CT molecular complexity index is 618. The minimum absolute atomic E-state index is 0.111. The number of benzene rings is 2.